The average molecular weight is 436 g/mol. The number of pyridine rings is 1. The smallest absolute Gasteiger partial charge is 0.242 e. The molecule has 0 spiro atoms. The summed E-state index contributed by atoms with van der Waals surface area (Å²) in [5.74, 6) is 0.478. The Hall–Kier alpha value is -2.85. The standard InChI is InChI=1S/C20H25N3O6S/c1-13(2)19(20(24)22-14-5-8-18(27-3)21-12-14)23-30(25,26)15-6-7-16-17(11-15)29-10-4-9-28-16/h5-8,11-13,19,23H,4,9-10H2,1-3H3,(H,22,24). The lowest BCUT2D eigenvalue weighted by atomic mass is 10.1. The van der Waals surface area contributed by atoms with Crippen LogP contribution in [0.3, 0.4) is 0 Å². The summed E-state index contributed by atoms with van der Waals surface area (Å²) >= 11 is 0. The molecule has 0 bridgehead atoms. The van der Waals surface area contributed by atoms with Crippen LogP contribution < -0.4 is 24.2 Å². The molecule has 2 aromatic rings. The van der Waals surface area contributed by atoms with Crippen LogP contribution in [-0.2, 0) is 14.8 Å². The average Bonchev–Trinajstić information content (AvgIpc) is 2.97. The van der Waals surface area contributed by atoms with Gasteiger partial charge in [0, 0.05) is 18.6 Å². The number of ether oxygens (including phenoxy) is 3. The van der Waals surface area contributed by atoms with Crippen molar-refractivity contribution in [3.8, 4) is 17.4 Å². The van der Waals surface area contributed by atoms with Crippen molar-refractivity contribution in [2.75, 3.05) is 25.6 Å². The number of carbonyl (C=O) groups is 1. The number of rotatable bonds is 7. The second-order valence-corrected chi connectivity index (χ2v) is 8.79. The van der Waals surface area contributed by atoms with Crippen molar-refractivity contribution in [1.82, 2.24) is 9.71 Å². The summed E-state index contributed by atoms with van der Waals surface area (Å²) < 4.78 is 44.5. The maximum absolute atomic E-state index is 12.9. The molecule has 162 valence electrons. The number of carbonyl (C=O) groups excluding carboxylic acids is 1. The van der Waals surface area contributed by atoms with Crippen LogP contribution in [0.15, 0.2) is 41.4 Å². The number of methoxy groups -OCH3 is 1. The zero-order valence-corrected chi connectivity index (χ0v) is 17.9. The maximum Gasteiger partial charge on any atom is 0.242 e. The zero-order chi connectivity index (χ0) is 21.7. The molecular formula is C20H25N3O6S. The number of sulfonamides is 1. The van der Waals surface area contributed by atoms with Gasteiger partial charge in [0.05, 0.1) is 37.1 Å². The Morgan fingerprint density at radius 1 is 1.13 bits per heavy atom. The number of fused-ring (bicyclic) bond motifs is 1. The molecule has 30 heavy (non-hydrogen) atoms. The van der Waals surface area contributed by atoms with Crippen molar-refractivity contribution in [2.24, 2.45) is 5.92 Å². The minimum atomic E-state index is -3.98. The molecular weight excluding hydrogens is 410 g/mol. The highest BCUT2D eigenvalue weighted by Crippen LogP contribution is 2.32. The number of nitrogens with zero attached hydrogens (tertiary/aromatic N) is 1. The van der Waals surface area contributed by atoms with Gasteiger partial charge in [-0.2, -0.15) is 4.72 Å². The van der Waals surface area contributed by atoms with Gasteiger partial charge in [0.15, 0.2) is 11.5 Å². The first-order valence-corrected chi connectivity index (χ1v) is 11.0. The summed E-state index contributed by atoms with van der Waals surface area (Å²) in [6.07, 6.45) is 2.15. The van der Waals surface area contributed by atoms with Crippen LogP contribution in [0.4, 0.5) is 5.69 Å². The number of hydrogen-bond acceptors (Lipinski definition) is 7. The summed E-state index contributed by atoms with van der Waals surface area (Å²) in [6, 6.07) is 6.63. The van der Waals surface area contributed by atoms with Crippen LogP contribution >= 0.6 is 0 Å². The van der Waals surface area contributed by atoms with Crippen molar-refractivity contribution in [2.45, 2.75) is 31.2 Å². The third kappa shape index (κ3) is 5.19. The molecule has 1 aliphatic rings. The quantitative estimate of drug-likeness (QED) is 0.685. The van der Waals surface area contributed by atoms with Crippen molar-refractivity contribution in [3.63, 3.8) is 0 Å². The van der Waals surface area contributed by atoms with Crippen LogP contribution in [-0.4, -0.2) is 45.7 Å². The Morgan fingerprint density at radius 3 is 2.50 bits per heavy atom. The molecule has 10 heteroatoms. The fraction of sp³-hybridized carbons (Fsp3) is 0.400. The van der Waals surface area contributed by atoms with E-state index in [2.05, 4.69) is 15.0 Å². The van der Waals surface area contributed by atoms with E-state index in [1.54, 1.807) is 32.0 Å². The van der Waals surface area contributed by atoms with E-state index in [1.807, 2.05) is 0 Å². The molecule has 0 saturated heterocycles. The lowest BCUT2D eigenvalue weighted by Crippen LogP contribution is -2.47. The van der Waals surface area contributed by atoms with Crippen LogP contribution in [0.2, 0.25) is 0 Å². The fourth-order valence-electron chi connectivity index (χ4n) is 2.83. The van der Waals surface area contributed by atoms with E-state index in [1.165, 1.54) is 25.4 Å². The minimum absolute atomic E-state index is 0.00341. The molecule has 3 rings (SSSR count). The lowest BCUT2D eigenvalue weighted by Gasteiger charge is -2.22. The van der Waals surface area contributed by atoms with E-state index in [4.69, 9.17) is 14.2 Å². The topological polar surface area (TPSA) is 116 Å². The van der Waals surface area contributed by atoms with E-state index < -0.39 is 22.0 Å². The molecule has 1 unspecified atom stereocenters. The van der Waals surface area contributed by atoms with Gasteiger partial charge in [-0.1, -0.05) is 13.8 Å². The predicted octanol–water partition coefficient (Wildman–Crippen LogP) is 2.19. The van der Waals surface area contributed by atoms with Crippen molar-refractivity contribution < 1.29 is 27.4 Å². The SMILES string of the molecule is COc1ccc(NC(=O)C(NS(=O)(=O)c2ccc3c(c2)OCCCO3)C(C)C)cn1. The maximum atomic E-state index is 12.9. The molecule has 0 radical (unpaired) electrons. The summed E-state index contributed by atoms with van der Waals surface area (Å²) in [4.78, 5) is 16.8. The lowest BCUT2D eigenvalue weighted by molar-refractivity contribution is -0.118. The third-order valence-electron chi connectivity index (χ3n) is 4.47. The molecule has 2 N–H and O–H groups in total. The highest BCUT2D eigenvalue weighted by atomic mass is 32.2. The molecule has 0 saturated carbocycles. The monoisotopic (exact) mass is 435 g/mol. The number of hydrogen-bond donors (Lipinski definition) is 2. The van der Waals surface area contributed by atoms with E-state index in [-0.39, 0.29) is 10.8 Å². The van der Waals surface area contributed by atoms with Crippen LogP contribution in [0, 0.1) is 5.92 Å². The number of benzene rings is 1. The second-order valence-electron chi connectivity index (χ2n) is 7.08. The molecule has 1 aromatic carbocycles. The first-order valence-electron chi connectivity index (χ1n) is 9.53. The van der Waals surface area contributed by atoms with E-state index in [0.717, 1.165) is 0 Å². The van der Waals surface area contributed by atoms with Crippen molar-refractivity contribution in [1.29, 1.82) is 0 Å². The van der Waals surface area contributed by atoms with Gasteiger partial charge in [0.2, 0.25) is 21.8 Å². The summed E-state index contributed by atoms with van der Waals surface area (Å²) in [6.45, 7) is 4.46. The molecule has 0 fully saturated rings. The molecule has 0 aliphatic carbocycles. The molecule has 2 heterocycles. The Morgan fingerprint density at radius 2 is 1.87 bits per heavy atom. The van der Waals surface area contributed by atoms with Crippen molar-refractivity contribution in [3.05, 3.63) is 36.5 Å². The summed E-state index contributed by atoms with van der Waals surface area (Å²) in [7, 11) is -2.49. The molecule has 1 amide bonds. The van der Waals surface area contributed by atoms with Gasteiger partial charge >= 0.3 is 0 Å². The Bertz CT molecular complexity index is 992. The van der Waals surface area contributed by atoms with Gasteiger partial charge in [-0.15, -0.1) is 0 Å². The third-order valence-corrected chi connectivity index (χ3v) is 5.91. The second kappa shape index (κ2) is 9.31. The summed E-state index contributed by atoms with van der Waals surface area (Å²) in [5.41, 5.74) is 0.432. The highest BCUT2D eigenvalue weighted by Gasteiger charge is 2.29. The predicted molar refractivity (Wildman–Crippen MR) is 110 cm³/mol. The Labute approximate surface area is 175 Å². The highest BCUT2D eigenvalue weighted by molar-refractivity contribution is 7.89. The normalized spacial score (nSPS) is 14.7. The first-order chi connectivity index (χ1) is 14.3. The number of nitrogens with one attached hydrogen (secondary N) is 2. The largest absolute Gasteiger partial charge is 0.490 e. The van der Waals surface area contributed by atoms with Gasteiger partial charge in [-0.25, -0.2) is 13.4 Å². The molecule has 1 aliphatic heterocycles. The molecule has 9 nitrogen and oxygen atoms in total. The molecule has 1 atom stereocenters. The Balaban J connectivity index is 1.77. The van der Waals surface area contributed by atoms with E-state index in [9.17, 15) is 13.2 Å². The zero-order valence-electron chi connectivity index (χ0n) is 17.0. The van der Waals surface area contributed by atoms with Crippen LogP contribution in [0.25, 0.3) is 0 Å². The fourth-order valence-corrected chi connectivity index (χ4v) is 4.19. The van der Waals surface area contributed by atoms with Gasteiger partial charge in [-0.05, 0) is 24.1 Å². The number of aromatic nitrogens is 1. The number of amides is 1. The van der Waals surface area contributed by atoms with Crippen LogP contribution in [0.5, 0.6) is 17.4 Å². The van der Waals surface area contributed by atoms with Crippen LogP contribution in [0.1, 0.15) is 20.3 Å². The van der Waals surface area contributed by atoms with Crippen molar-refractivity contribution >= 4 is 21.6 Å². The first kappa shape index (κ1) is 21.8. The van der Waals surface area contributed by atoms with Gasteiger partial charge < -0.3 is 19.5 Å². The van der Waals surface area contributed by atoms with Gasteiger partial charge in [0.1, 0.15) is 6.04 Å². The minimum Gasteiger partial charge on any atom is -0.490 e. The summed E-state index contributed by atoms with van der Waals surface area (Å²) in [5, 5.41) is 2.68. The Kier molecular flexibility index (Phi) is 6.78. The van der Waals surface area contributed by atoms with E-state index in [0.29, 0.717) is 42.7 Å². The number of anilines is 1. The van der Waals surface area contributed by atoms with Gasteiger partial charge in [-0.3, -0.25) is 4.79 Å². The van der Waals surface area contributed by atoms with Gasteiger partial charge in [0.25, 0.3) is 0 Å². The van der Waals surface area contributed by atoms with E-state index >= 15 is 0 Å². The molecule has 1 aromatic heterocycles.